The summed E-state index contributed by atoms with van der Waals surface area (Å²) in [6, 6.07) is 7.63. The van der Waals surface area contributed by atoms with E-state index in [0.29, 0.717) is 5.92 Å². The number of hydrogen-bond donors (Lipinski definition) is 0. The molecule has 122 valence electrons. The van der Waals surface area contributed by atoms with Crippen LogP contribution in [0, 0.1) is 16.7 Å². The van der Waals surface area contributed by atoms with Crippen molar-refractivity contribution in [2.45, 2.75) is 64.8 Å². The highest BCUT2D eigenvalue weighted by Crippen LogP contribution is 2.34. The third-order valence-electron chi connectivity index (χ3n) is 4.95. The zero-order valence-electron chi connectivity index (χ0n) is 14.0. The Bertz CT molecular complexity index is 459. The van der Waals surface area contributed by atoms with E-state index in [-0.39, 0.29) is 6.04 Å². The van der Waals surface area contributed by atoms with Crippen LogP contribution in [-0.4, -0.2) is 6.61 Å². The summed E-state index contributed by atoms with van der Waals surface area (Å²) in [7, 11) is 0. The Morgan fingerprint density at radius 2 is 2.00 bits per heavy atom. The van der Waals surface area contributed by atoms with Crippen LogP contribution in [-0.2, 0) is 0 Å². The van der Waals surface area contributed by atoms with Gasteiger partial charge < -0.3 is 4.74 Å². The van der Waals surface area contributed by atoms with Crippen molar-refractivity contribution in [2.75, 3.05) is 6.61 Å². The molecule has 1 aliphatic carbocycles. The number of rotatable bonds is 8. The van der Waals surface area contributed by atoms with Crippen LogP contribution in [0.3, 0.4) is 0 Å². The van der Waals surface area contributed by atoms with Crippen molar-refractivity contribution in [3.05, 3.63) is 34.7 Å². The predicted molar refractivity (Wildman–Crippen MR) is 91.1 cm³/mol. The number of nitroso groups, excluding NO2 is 1. The Balaban J connectivity index is 1.95. The molecule has 1 aliphatic rings. The molecule has 0 aliphatic heterocycles. The van der Waals surface area contributed by atoms with Crippen LogP contribution in [0.4, 0.5) is 0 Å². The van der Waals surface area contributed by atoms with E-state index < -0.39 is 0 Å². The number of benzene rings is 1. The van der Waals surface area contributed by atoms with Crippen LogP contribution in [0.15, 0.2) is 29.4 Å². The molecule has 0 heterocycles. The van der Waals surface area contributed by atoms with Crippen LogP contribution < -0.4 is 4.74 Å². The van der Waals surface area contributed by atoms with Gasteiger partial charge in [-0.3, -0.25) is 0 Å². The standard InChI is InChI=1S/C19H29NO2/c1-3-8-15-9-5-6-10-17(15)14-22-18-12-7-11-16(13-18)19(4-2)20-21/h7,11-13,15,17,19H,3-6,8-10,14H2,1-2H3. The van der Waals surface area contributed by atoms with Crippen molar-refractivity contribution in [1.82, 2.24) is 0 Å². The monoisotopic (exact) mass is 303 g/mol. The summed E-state index contributed by atoms with van der Waals surface area (Å²) in [5, 5.41) is 3.20. The smallest absolute Gasteiger partial charge is 0.119 e. The third kappa shape index (κ3) is 4.56. The number of ether oxygens (including phenoxy) is 1. The lowest BCUT2D eigenvalue weighted by Gasteiger charge is -2.31. The molecule has 0 radical (unpaired) electrons. The molecule has 0 aromatic heterocycles. The van der Waals surface area contributed by atoms with Gasteiger partial charge >= 0.3 is 0 Å². The second-order valence-corrected chi connectivity index (χ2v) is 6.51. The highest BCUT2D eigenvalue weighted by atomic mass is 16.5. The highest BCUT2D eigenvalue weighted by molar-refractivity contribution is 5.30. The summed E-state index contributed by atoms with van der Waals surface area (Å²) in [6.45, 7) is 5.06. The highest BCUT2D eigenvalue weighted by Gasteiger charge is 2.24. The first-order chi connectivity index (χ1) is 10.8. The average molecular weight is 303 g/mol. The first kappa shape index (κ1) is 17.0. The number of nitrogens with zero attached hydrogens (tertiary/aromatic N) is 1. The molecule has 1 aromatic carbocycles. The molecule has 3 nitrogen and oxygen atoms in total. The van der Waals surface area contributed by atoms with E-state index in [9.17, 15) is 4.91 Å². The second kappa shape index (κ2) is 8.92. The van der Waals surface area contributed by atoms with Crippen molar-refractivity contribution >= 4 is 0 Å². The first-order valence-corrected chi connectivity index (χ1v) is 8.83. The van der Waals surface area contributed by atoms with Crippen molar-refractivity contribution in [2.24, 2.45) is 17.0 Å². The summed E-state index contributed by atoms with van der Waals surface area (Å²) in [5.74, 6) is 2.38. The summed E-state index contributed by atoms with van der Waals surface area (Å²) in [6.07, 6.45) is 8.67. The molecule has 3 heteroatoms. The Kier molecular flexibility index (Phi) is 6.88. The van der Waals surface area contributed by atoms with E-state index in [2.05, 4.69) is 12.1 Å². The van der Waals surface area contributed by atoms with E-state index in [1.165, 1.54) is 38.5 Å². The largest absolute Gasteiger partial charge is 0.493 e. The maximum atomic E-state index is 10.9. The van der Waals surface area contributed by atoms with E-state index in [1.807, 2.05) is 31.2 Å². The van der Waals surface area contributed by atoms with Gasteiger partial charge in [0, 0.05) is 0 Å². The van der Waals surface area contributed by atoms with Crippen molar-refractivity contribution < 1.29 is 4.74 Å². The van der Waals surface area contributed by atoms with Gasteiger partial charge in [-0.15, -0.1) is 0 Å². The van der Waals surface area contributed by atoms with Crippen LogP contribution in [0.5, 0.6) is 5.75 Å². The first-order valence-electron chi connectivity index (χ1n) is 8.83. The number of hydrogen-bond acceptors (Lipinski definition) is 3. The molecule has 2 rings (SSSR count). The van der Waals surface area contributed by atoms with E-state index in [4.69, 9.17) is 4.74 Å². The minimum Gasteiger partial charge on any atom is -0.493 e. The summed E-state index contributed by atoms with van der Waals surface area (Å²) >= 11 is 0. The zero-order valence-corrected chi connectivity index (χ0v) is 14.0. The molecule has 0 saturated heterocycles. The van der Waals surface area contributed by atoms with Gasteiger partial charge in [-0.05, 0) is 42.4 Å². The van der Waals surface area contributed by atoms with Gasteiger partial charge in [-0.25, -0.2) is 0 Å². The maximum absolute atomic E-state index is 10.9. The topological polar surface area (TPSA) is 38.7 Å². The molecular weight excluding hydrogens is 274 g/mol. The van der Waals surface area contributed by atoms with Gasteiger partial charge in [-0.1, -0.05) is 63.3 Å². The lowest BCUT2D eigenvalue weighted by molar-refractivity contribution is 0.142. The SMILES string of the molecule is CCCC1CCCCC1COc1cccc(C(CC)N=O)c1. The molecule has 3 atom stereocenters. The quantitative estimate of drug-likeness (QED) is 0.562. The van der Waals surface area contributed by atoms with Gasteiger partial charge in [0.25, 0.3) is 0 Å². The molecule has 22 heavy (non-hydrogen) atoms. The predicted octanol–water partition coefficient (Wildman–Crippen LogP) is 5.89. The molecule has 0 bridgehead atoms. The van der Waals surface area contributed by atoms with Gasteiger partial charge in [0.1, 0.15) is 11.8 Å². The van der Waals surface area contributed by atoms with Crippen LogP contribution >= 0.6 is 0 Å². The minimum absolute atomic E-state index is 0.258. The fourth-order valence-electron chi connectivity index (χ4n) is 3.64. The fourth-order valence-corrected chi connectivity index (χ4v) is 3.64. The average Bonchev–Trinajstić information content (AvgIpc) is 2.56. The maximum Gasteiger partial charge on any atom is 0.119 e. The van der Waals surface area contributed by atoms with E-state index in [0.717, 1.165) is 30.3 Å². The second-order valence-electron chi connectivity index (χ2n) is 6.51. The van der Waals surface area contributed by atoms with Gasteiger partial charge in [0.2, 0.25) is 0 Å². The molecule has 0 spiro atoms. The third-order valence-corrected chi connectivity index (χ3v) is 4.95. The Morgan fingerprint density at radius 3 is 2.68 bits per heavy atom. The summed E-state index contributed by atoms with van der Waals surface area (Å²) in [5.41, 5.74) is 0.962. The molecule has 1 aromatic rings. The van der Waals surface area contributed by atoms with Gasteiger partial charge in [0.15, 0.2) is 0 Å². The van der Waals surface area contributed by atoms with Crippen LogP contribution in [0.25, 0.3) is 0 Å². The summed E-state index contributed by atoms with van der Waals surface area (Å²) in [4.78, 5) is 10.9. The fraction of sp³-hybridized carbons (Fsp3) is 0.684. The molecule has 0 N–H and O–H groups in total. The zero-order chi connectivity index (χ0) is 15.8. The Morgan fingerprint density at radius 1 is 1.23 bits per heavy atom. The van der Waals surface area contributed by atoms with Gasteiger partial charge in [0.05, 0.1) is 6.61 Å². The normalized spacial score (nSPS) is 23.0. The van der Waals surface area contributed by atoms with Crippen LogP contribution in [0.2, 0.25) is 0 Å². The van der Waals surface area contributed by atoms with Crippen molar-refractivity contribution in [3.8, 4) is 5.75 Å². The van der Waals surface area contributed by atoms with Crippen molar-refractivity contribution in [3.63, 3.8) is 0 Å². The van der Waals surface area contributed by atoms with Crippen molar-refractivity contribution in [1.29, 1.82) is 0 Å². The Hall–Kier alpha value is -1.38. The Labute approximate surface area is 134 Å². The molecule has 3 unspecified atom stereocenters. The lowest BCUT2D eigenvalue weighted by Crippen LogP contribution is -2.25. The molecular formula is C19H29NO2. The lowest BCUT2D eigenvalue weighted by atomic mass is 9.77. The van der Waals surface area contributed by atoms with Crippen LogP contribution in [0.1, 0.15) is 70.4 Å². The molecule has 0 amide bonds. The molecule has 1 saturated carbocycles. The molecule has 1 fully saturated rings. The van der Waals surface area contributed by atoms with E-state index in [1.54, 1.807) is 0 Å². The summed E-state index contributed by atoms with van der Waals surface area (Å²) < 4.78 is 6.06. The van der Waals surface area contributed by atoms with Gasteiger partial charge in [-0.2, -0.15) is 4.91 Å². The van der Waals surface area contributed by atoms with E-state index >= 15 is 0 Å². The minimum atomic E-state index is -0.258.